The van der Waals surface area contributed by atoms with Gasteiger partial charge >= 0.3 is 0 Å². The number of halogens is 1. The van der Waals surface area contributed by atoms with Crippen LogP contribution in [0.15, 0.2) is 60.7 Å². The molecule has 2 aliphatic heterocycles. The van der Waals surface area contributed by atoms with Gasteiger partial charge in [0.05, 0.1) is 17.9 Å². The van der Waals surface area contributed by atoms with Crippen LogP contribution in [0.3, 0.4) is 0 Å². The van der Waals surface area contributed by atoms with Gasteiger partial charge in [0.1, 0.15) is 12.1 Å². The molecule has 3 N–H and O–H groups in total. The molecule has 2 aromatic rings. The first-order chi connectivity index (χ1) is 20.6. The Labute approximate surface area is 256 Å². The zero-order chi connectivity index (χ0) is 30.9. The van der Waals surface area contributed by atoms with Gasteiger partial charge in [0, 0.05) is 36.6 Å². The summed E-state index contributed by atoms with van der Waals surface area (Å²) in [6.07, 6.45) is 5.81. The van der Waals surface area contributed by atoms with Crippen LogP contribution in [0.5, 0.6) is 0 Å². The molecule has 0 saturated carbocycles. The van der Waals surface area contributed by atoms with Gasteiger partial charge in [-0.1, -0.05) is 49.7 Å². The number of amides is 4. The molecular weight excluding hydrogens is 570 g/mol. The predicted octanol–water partition coefficient (Wildman–Crippen LogP) is 4.16. The molecule has 2 heterocycles. The van der Waals surface area contributed by atoms with Gasteiger partial charge in [0.15, 0.2) is 0 Å². The van der Waals surface area contributed by atoms with Crippen LogP contribution in [0.2, 0.25) is 5.02 Å². The molecule has 0 aromatic heterocycles. The van der Waals surface area contributed by atoms with Gasteiger partial charge in [-0.15, -0.1) is 0 Å². The fourth-order valence-electron chi connectivity index (χ4n) is 5.12. The summed E-state index contributed by atoms with van der Waals surface area (Å²) in [6.45, 7) is 4.91. The number of carbonyl (C=O) groups is 5. The van der Waals surface area contributed by atoms with Crippen molar-refractivity contribution in [1.82, 2.24) is 10.2 Å². The van der Waals surface area contributed by atoms with Crippen molar-refractivity contribution < 1.29 is 24.0 Å². The minimum atomic E-state index is -1.23. The number of piperazine rings is 1. The highest BCUT2D eigenvalue weighted by Crippen LogP contribution is 2.25. The van der Waals surface area contributed by atoms with Crippen molar-refractivity contribution in [2.45, 2.75) is 58.0 Å². The van der Waals surface area contributed by atoms with E-state index in [9.17, 15) is 24.0 Å². The number of rotatable bonds is 5. The quantitative estimate of drug-likeness (QED) is 0.346. The number of carbonyl (C=O) groups excluding carboxylic acids is 5. The Morgan fingerprint density at radius 2 is 1.67 bits per heavy atom. The predicted molar refractivity (Wildman–Crippen MR) is 167 cm³/mol. The van der Waals surface area contributed by atoms with Crippen molar-refractivity contribution in [2.24, 2.45) is 5.92 Å². The molecule has 2 atom stereocenters. The third-order valence-electron chi connectivity index (χ3n) is 7.38. The van der Waals surface area contributed by atoms with Crippen molar-refractivity contribution in [1.29, 1.82) is 0 Å². The molecule has 0 spiro atoms. The summed E-state index contributed by atoms with van der Waals surface area (Å²) in [6, 6.07) is 11.7. The summed E-state index contributed by atoms with van der Waals surface area (Å²) in [5.74, 6) is -2.33. The lowest BCUT2D eigenvalue weighted by Gasteiger charge is -2.42. The van der Waals surface area contributed by atoms with Gasteiger partial charge in [-0.2, -0.15) is 0 Å². The van der Waals surface area contributed by atoms with Gasteiger partial charge in [-0.25, -0.2) is 0 Å². The van der Waals surface area contributed by atoms with Crippen LogP contribution >= 0.6 is 11.6 Å². The van der Waals surface area contributed by atoms with Gasteiger partial charge in [0.25, 0.3) is 5.91 Å². The summed E-state index contributed by atoms with van der Waals surface area (Å²) in [7, 11) is 0. The third-order valence-corrected chi connectivity index (χ3v) is 7.64. The van der Waals surface area contributed by atoms with E-state index in [1.165, 1.54) is 6.08 Å². The number of ketones is 1. The van der Waals surface area contributed by atoms with Crippen LogP contribution in [0.4, 0.5) is 17.1 Å². The number of hydrogen-bond donors (Lipinski definition) is 3. The van der Waals surface area contributed by atoms with E-state index in [4.69, 9.17) is 11.6 Å². The molecule has 2 aromatic carbocycles. The van der Waals surface area contributed by atoms with Crippen LogP contribution in [0.1, 0.15) is 46.0 Å². The van der Waals surface area contributed by atoms with Crippen LogP contribution < -0.4 is 20.9 Å². The molecule has 1 fully saturated rings. The van der Waals surface area contributed by atoms with Gasteiger partial charge < -0.3 is 25.8 Å². The van der Waals surface area contributed by atoms with Gasteiger partial charge in [-0.05, 0) is 61.6 Å². The van der Waals surface area contributed by atoms with Crippen molar-refractivity contribution >= 4 is 58.1 Å². The fourth-order valence-corrected chi connectivity index (χ4v) is 5.25. The lowest BCUT2D eigenvalue weighted by atomic mass is 10.0. The topological polar surface area (TPSA) is 128 Å². The second kappa shape index (κ2) is 14.8. The number of Topliss-reactive ketones (excluding diaryl/α,β-unsaturated/α-hetero) is 1. The molecule has 2 aliphatic rings. The highest BCUT2D eigenvalue weighted by Gasteiger charge is 2.37. The summed E-state index contributed by atoms with van der Waals surface area (Å²) in [5, 5.41) is 8.70. The largest absolute Gasteiger partial charge is 0.356 e. The van der Waals surface area contributed by atoms with Gasteiger partial charge in [-0.3, -0.25) is 24.0 Å². The summed E-state index contributed by atoms with van der Waals surface area (Å²) in [5.41, 5.74) is 1.42. The van der Waals surface area contributed by atoms with E-state index >= 15 is 0 Å². The number of fused-ring (bicyclic) bond motifs is 1. The lowest BCUT2D eigenvalue weighted by molar-refractivity contribution is -0.137. The summed E-state index contributed by atoms with van der Waals surface area (Å²) >= 11 is 6.10. The first-order valence-electron chi connectivity index (χ1n) is 14.6. The fraction of sp³-hybridized carbons (Fsp3) is 0.406. The van der Waals surface area contributed by atoms with Crippen molar-refractivity contribution in [3.05, 3.63) is 65.7 Å². The molecule has 0 bridgehead atoms. The smallest absolute Gasteiger partial charge is 0.294 e. The molecule has 0 aliphatic carbocycles. The number of hydrogen-bond acceptors (Lipinski definition) is 6. The van der Waals surface area contributed by atoms with E-state index in [0.717, 1.165) is 5.69 Å². The zero-order valence-corrected chi connectivity index (χ0v) is 25.2. The standard InChI is InChI=1S/C32H38ClN5O5/c1-21(2)19-29(40)37-17-18-38(23-15-13-22(33)14-16-23)27(20-37)31(42)36-26-11-5-3-4-6-12-28(39)34-24-9-7-8-10-25(24)35-32(43)30(26)41/h5,7-11,13-16,21,26-27H,3-4,6,12,17-20H2,1-2H3,(H,34,39)(H,35,43)(H,36,42)/b11-5+/t26?,27-/m1/s1. The Morgan fingerprint density at radius 1 is 0.977 bits per heavy atom. The summed E-state index contributed by atoms with van der Waals surface area (Å²) < 4.78 is 0. The van der Waals surface area contributed by atoms with E-state index in [-0.39, 0.29) is 30.0 Å². The number of benzene rings is 2. The number of anilines is 3. The Bertz CT molecular complexity index is 1380. The minimum absolute atomic E-state index is 0.0392. The molecule has 4 rings (SSSR count). The second-order valence-corrected chi connectivity index (χ2v) is 11.6. The minimum Gasteiger partial charge on any atom is -0.356 e. The number of nitrogens with one attached hydrogen (secondary N) is 3. The van der Waals surface area contributed by atoms with Crippen molar-refractivity contribution in [3.63, 3.8) is 0 Å². The maximum absolute atomic E-state index is 13.9. The molecule has 43 heavy (non-hydrogen) atoms. The lowest BCUT2D eigenvalue weighted by Crippen LogP contribution is -2.62. The maximum atomic E-state index is 13.9. The molecule has 0 radical (unpaired) electrons. The molecule has 4 amide bonds. The monoisotopic (exact) mass is 607 g/mol. The molecule has 1 saturated heterocycles. The van der Waals surface area contributed by atoms with Crippen LogP contribution in [-0.4, -0.2) is 66.0 Å². The first kappa shape index (κ1) is 31.7. The zero-order valence-electron chi connectivity index (χ0n) is 24.5. The number of nitrogens with zero attached hydrogens (tertiary/aromatic N) is 2. The third kappa shape index (κ3) is 8.67. The first-order valence-corrected chi connectivity index (χ1v) is 15.0. The summed E-state index contributed by atoms with van der Waals surface area (Å²) in [4.78, 5) is 69.3. The van der Waals surface area contributed by atoms with Crippen molar-refractivity contribution in [2.75, 3.05) is 35.2 Å². The molecule has 11 heteroatoms. The van der Waals surface area contributed by atoms with Crippen LogP contribution in [0.25, 0.3) is 0 Å². The Kier molecular flexibility index (Phi) is 10.9. The highest BCUT2D eigenvalue weighted by molar-refractivity contribution is 6.43. The number of allylic oxidation sites excluding steroid dienone is 1. The Hall–Kier alpha value is -4.18. The highest BCUT2D eigenvalue weighted by atomic mass is 35.5. The second-order valence-electron chi connectivity index (χ2n) is 11.2. The van der Waals surface area contributed by atoms with E-state index in [2.05, 4.69) is 16.0 Å². The average molecular weight is 608 g/mol. The van der Waals surface area contributed by atoms with Crippen molar-refractivity contribution in [3.8, 4) is 0 Å². The Balaban J connectivity index is 1.59. The average Bonchev–Trinajstić information content (AvgIpc) is 2.98. The molecule has 1 unspecified atom stereocenters. The molecule has 10 nitrogen and oxygen atoms in total. The van der Waals surface area contributed by atoms with E-state index < -0.39 is 29.7 Å². The molecule has 228 valence electrons. The SMILES string of the molecule is CC(C)CC(=O)N1CCN(c2ccc(Cl)cc2)[C@@H](C(=O)NC2/C=C/CCCCC(=O)Nc3ccccc3NC(=O)C2=O)C1. The molecular formula is C32H38ClN5O5. The Morgan fingerprint density at radius 3 is 2.37 bits per heavy atom. The normalized spacial score (nSPS) is 20.9. The van der Waals surface area contributed by atoms with Crippen LogP contribution in [0, 0.1) is 5.92 Å². The van der Waals surface area contributed by atoms with E-state index in [1.54, 1.807) is 47.4 Å². The maximum Gasteiger partial charge on any atom is 0.294 e. The van der Waals surface area contributed by atoms with Gasteiger partial charge in [0.2, 0.25) is 23.5 Å². The van der Waals surface area contributed by atoms with E-state index in [0.29, 0.717) is 55.9 Å². The number of para-hydroxylation sites is 2. The van der Waals surface area contributed by atoms with Crippen LogP contribution in [-0.2, 0) is 24.0 Å². The van der Waals surface area contributed by atoms with E-state index in [1.807, 2.05) is 30.9 Å².